The summed E-state index contributed by atoms with van der Waals surface area (Å²) < 4.78 is 8.95. The van der Waals surface area contributed by atoms with Crippen LogP contribution < -0.4 is 21.1 Å². The van der Waals surface area contributed by atoms with Gasteiger partial charge in [0.05, 0.1) is 18.3 Å². The third kappa shape index (κ3) is 5.65. The van der Waals surface area contributed by atoms with E-state index in [4.69, 9.17) is 10.5 Å². The average Bonchev–Trinajstić information content (AvgIpc) is 3.62. The van der Waals surface area contributed by atoms with Gasteiger partial charge in [-0.3, -0.25) is 24.4 Å². The number of anilines is 1. The van der Waals surface area contributed by atoms with E-state index in [1.54, 1.807) is 27.4 Å². The van der Waals surface area contributed by atoms with Gasteiger partial charge in [-0.2, -0.15) is 5.10 Å². The lowest BCUT2D eigenvalue weighted by molar-refractivity contribution is -0.124. The number of nitrogens with one attached hydrogen (secondary N) is 2. The highest BCUT2D eigenvalue weighted by molar-refractivity contribution is 6.04. The van der Waals surface area contributed by atoms with Gasteiger partial charge in [-0.25, -0.2) is 4.98 Å². The van der Waals surface area contributed by atoms with Crippen molar-refractivity contribution in [2.24, 2.45) is 11.7 Å². The first-order valence-corrected chi connectivity index (χ1v) is 12.5. The van der Waals surface area contributed by atoms with Crippen LogP contribution in [0.2, 0.25) is 0 Å². The van der Waals surface area contributed by atoms with Gasteiger partial charge in [-0.15, -0.1) is 0 Å². The van der Waals surface area contributed by atoms with E-state index in [-0.39, 0.29) is 29.2 Å². The van der Waals surface area contributed by atoms with Crippen LogP contribution in [-0.2, 0) is 17.9 Å². The maximum Gasteiger partial charge on any atom is 0.276 e. The van der Waals surface area contributed by atoms with E-state index in [9.17, 15) is 14.4 Å². The predicted molar refractivity (Wildman–Crippen MR) is 140 cm³/mol. The Kier molecular flexibility index (Phi) is 7.90. The number of carbonyl (C=O) groups excluding carboxylic acids is 3. The molecule has 4 N–H and O–H groups in total. The summed E-state index contributed by atoms with van der Waals surface area (Å²) in [7, 11) is 1.49. The van der Waals surface area contributed by atoms with Crippen LogP contribution >= 0.6 is 0 Å². The third-order valence-electron chi connectivity index (χ3n) is 6.55. The minimum absolute atomic E-state index is 0.0895. The highest BCUT2D eigenvalue weighted by atomic mass is 16.5. The lowest BCUT2D eigenvalue weighted by atomic mass is 10.1. The topological polar surface area (TPSA) is 146 Å². The van der Waals surface area contributed by atoms with Crippen molar-refractivity contribution >= 4 is 34.7 Å². The Morgan fingerprint density at radius 2 is 1.95 bits per heavy atom. The zero-order valence-corrected chi connectivity index (χ0v) is 21.4. The van der Waals surface area contributed by atoms with Gasteiger partial charge in [0.2, 0.25) is 17.8 Å². The Hall–Kier alpha value is -4.15. The number of imidazole rings is 1. The van der Waals surface area contributed by atoms with Crippen LogP contribution in [0.25, 0.3) is 11.0 Å². The third-order valence-corrected chi connectivity index (χ3v) is 6.55. The molecule has 1 saturated carbocycles. The molecule has 0 aliphatic heterocycles. The fourth-order valence-corrected chi connectivity index (χ4v) is 4.69. The lowest BCUT2D eigenvalue weighted by Crippen LogP contribution is -2.29. The maximum absolute atomic E-state index is 13.1. The fourth-order valence-electron chi connectivity index (χ4n) is 4.69. The highest BCUT2D eigenvalue weighted by Gasteiger charge is 2.22. The zero-order chi connectivity index (χ0) is 26.5. The molecule has 1 aliphatic rings. The fraction of sp³-hybridized carbons (Fsp3) is 0.423. The number of nitrogens with zero attached hydrogens (tertiary/aromatic N) is 4. The molecular formula is C26H33N7O4. The molecular weight excluding hydrogens is 474 g/mol. The number of hydrogen-bond acceptors (Lipinski definition) is 6. The first-order chi connectivity index (χ1) is 17.8. The average molecular weight is 508 g/mol. The minimum Gasteiger partial charge on any atom is -0.494 e. The quantitative estimate of drug-likeness (QED) is 0.360. The van der Waals surface area contributed by atoms with E-state index in [1.807, 2.05) is 26.0 Å². The zero-order valence-electron chi connectivity index (χ0n) is 21.4. The van der Waals surface area contributed by atoms with Gasteiger partial charge < -0.3 is 20.4 Å². The molecule has 0 atom stereocenters. The summed E-state index contributed by atoms with van der Waals surface area (Å²) in [6.07, 6.45) is 7.85. The van der Waals surface area contributed by atoms with Crippen LogP contribution in [0.5, 0.6) is 5.75 Å². The van der Waals surface area contributed by atoms with Gasteiger partial charge in [0.15, 0.2) is 0 Å². The van der Waals surface area contributed by atoms with Crippen molar-refractivity contribution in [2.75, 3.05) is 19.0 Å². The van der Waals surface area contributed by atoms with E-state index >= 15 is 0 Å². The van der Waals surface area contributed by atoms with E-state index in [1.165, 1.54) is 7.11 Å². The van der Waals surface area contributed by atoms with Crippen molar-refractivity contribution in [3.63, 3.8) is 0 Å². The molecule has 3 amide bonds. The van der Waals surface area contributed by atoms with Crippen molar-refractivity contribution < 1.29 is 19.1 Å². The van der Waals surface area contributed by atoms with Gasteiger partial charge in [-0.1, -0.05) is 25.0 Å². The molecule has 3 aromatic rings. The molecule has 0 saturated heterocycles. The van der Waals surface area contributed by atoms with E-state index in [2.05, 4.69) is 20.7 Å². The highest BCUT2D eigenvalue weighted by Crippen LogP contribution is 2.31. The second-order valence-corrected chi connectivity index (χ2v) is 9.10. The molecule has 11 nitrogen and oxygen atoms in total. The number of rotatable bonds is 10. The van der Waals surface area contributed by atoms with Crippen molar-refractivity contribution in [1.29, 1.82) is 0 Å². The van der Waals surface area contributed by atoms with Crippen LogP contribution in [0.15, 0.2) is 30.4 Å². The summed E-state index contributed by atoms with van der Waals surface area (Å²) in [5.41, 5.74) is 7.93. The van der Waals surface area contributed by atoms with Gasteiger partial charge in [0.25, 0.3) is 5.91 Å². The maximum atomic E-state index is 13.1. The van der Waals surface area contributed by atoms with Crippen molar-refractivity contribution in [3.05, 3.63) is 47.3 Å². The first kappa shape index (κ1) is 25.9. The summed E-state index contributed by atoms with van der Waals surface area (Å²) in [6.45, 7) is 5.01. The molecule has 11 heteroatoms. The number of benzene rings is 1. The predicted octanol–water partition coefficient (Wildman–Crippen LogP) is 2.78. The van der Waals surface area contributed by atoms with Crippen molar-refractivity contribution in [2.45, 2.75) is 52.6 Å². The monoisotopic (exact) mass is 507 g/mol. The largest absolute Gasteiger partial charge is 0.494 e. The van der Waals surface area contributed by atoms with Crippen LogP contribution in [0.3, 0.4) is 0 Å². The Labute approximate surface area is 215 Å². The Morgan fingerprint density at radius 1 is 1.19 bits per heavy atom. The number of amides is 3. The molecule has 0 spiro atoms. The molecule has 196 valence electrons. The molecule has 0 bridgehead atoms. The van der Waals surface area contributed by atoms with Gasteiger partial charge in [0.1, 0.15) is 17.0 Å². The number of allylic oxidation sites excluding steroid dienone is 1. The normalized spacial score (nSPS) is 13.9. The number of primary amides is 1. The molecule has 1 aliphatic carbocycles. The number of aromatic nitrogens is 4. The summed E-state index contributed by atoms with van der Waals surface area (Å²) >= 11 is 0. The molecule has 37 heavy (non-hydrogen) atoms. The number of aryl methyl sites for hydroxylation is 2. The summed E-state index contributed by atoms with van der Waals surface area (Å²) in [5, 5.41) is 10.2. The number of carbonyl (C=O) groups is 3. The number of hydrogen-bond donors (Lipinski definition) is 3. The smallest absolute Gasteiger partial charge is 0.276 e. The van der Waals surface area contributed by atoms with Crippen molar-refractivity contribution in [1.82, 2.24) is 24.6 Å². The van der Waals surface area contributed by atoms with Gasteiger partial charge in [0, 0.05) is 31.1 Å². The van der Waals surface area contributed by atoms with E-state index < -0.39 is 5.91 Å². The van der Waals surface area contributed by atoms with E-state index in [0.717, 1.165) is 31.4 Å². The molecule has 4 rings (SSSR count). The Bertz CT molecular complexity index is 1350. The second kappa shape index (κ2) is 11.3. The summed E-state index contributed by atoms with van der Waals surface area (Å²) in [6, 6.07) is 4.83. The molecule has 2 aromatic heterocycles. The van der Waals surface area contributed by atoms with Gasteiger partial charge in [-0.05, 0) is 44.9 Å². The molecule has 1 fully saturated rings. The molecule has 0 radical (unpaired) electrons. The molecule has 2 heterocycles. The Morgan fingerprint density at radius 3 is 2.62 bits per heavy atom. The van der Waals surface area contributed by atoms with Crippen LogP contribution in [0.1, 0.15) is 59.1 Å². The summed E-state index contributed by atoms with van der Waals surface area (Å²) in [4.78, 5) is 41.8. The number of ether oxygens (including phenoxy) is 1. The van der Waals surface area contributed by atoms with Gasteiger partial charge >= 0.3 is 0 Å². The number of nitrogens with two attached hydrogens (primary N) is 1. The molecule has 0 unspecified atom stereocenters. The van der Waals surface area contributed by atoms with Crippen molar-refractivity contribution in [3.8, 4) is 5.75 Å². The van der Waals surface area contributed by atoms with E-state index in [0.29, 0.717) is 42.1 Å². The standard InChI is InChI=1S/C26H33N7O4/c1-4-33-20(13-16(2)31-33)25(36)30-26-29-19-14-18(23(27)34)15-21(37-3)22(19)32(26)12-8-7-11-28-24(35)17-9-5-6-10-17/h7-8,13-15,17H,4-6,9-12H2,1-3H3,(H2,27,34)(H,28,35)(H,29,30,36)/b8-7+. The minimum atomic E-state index is -0.611. The SMILES string of the molecule is CCn1nc(C)cc1C(=O)Nc1nc2cc(C(N)=O)cc(OC)c2n1C/C=C/CNC(=O)C1CCCC1. The van der Waals surface area contributed by atoms with Crippen LogP contribution in [0, 0.1) is 12.8 Å². The number of methoxy groups -OCH3 is 1. The number of fused-ring (bicyclic) bond motifs is 1. The summed E-state index contributed by atoms with van der Waals surface area (Å²) in [5.74, 6) is -0.0948. The Balaban J connectivity index is 1.62. The first-order valence-electron chi connectivity index (χ1n) is 12.5. The molecule has 1 aromatic carbocycles. The second-order valence-electron chi connectivity index (χ2n) is 9.10. The lowest BCUT2D eigenvalue weighted by Gasteiger charge is -2.11. The van der Waals surface area contributed by atoms with Crippen LogP contribution in [-0.4, -0.2) is 50.7 Å². The van der Waals surface area contributed by atoms with Crippen LogP contribution in [0.4, 0.5) is 5.95 Å².